The normalized spacial score (nSPS) is 18.0. The van der Waals surface area contributed by atoms with E-state index in [1.165, 1.54) is 11.1 Å². The number of cyclic esters (lactones) is 1. The van der Waals surface area contributed by atoms with Gasteiger partial charge in [0.15, 0.2) is 18.2 Å². The van der Waals surface area contributed by atoms with Crippen molar-refractivity contribution in [3.05, 3.63) is 36.5 Å². The maximum atomic E-state index is 12.8. The first kappa shape index (κ1) is 29.3. The van der Waals surface area contributed by atoms with Gasteiger partial charge in [0.2, 0.25) is 0 Å². The number of carbonyl (C=O) groups is 3. The molecule has 4 rings (SSSR count). The maximum Gasteiger partial charge on any atom is 0.415 e. The summed E-state index contributed by atoms with van der Waals surface area (Å²) in [6.45, 7) is 12.0. The Kier molecular flexibility index (Phi) is 8.64. The first-order valence-electron chi connectivity index (χ1n) is 13.1. The third kappa shape index (κ3) is 7.69. The third-order valence-electron chi connectivity index (χ3n) is 5.88. The van der Waals surface area contributed by atoms with Gasteiger partial charge in [-0.05, 0) is 31.0 Å². The van der Waals surface area contributed by atoms with Crippen molar-refractivity contribution < 1.29 is 33.0 Å². The second-order valence-corrected chi connectivity index (χ2v) is 14.6. The highest BCUT2D eigenvalue weighted by Crippen LogP contribution is 2.31. The van der Waals surface area contributed by atoms with Gasteiger partial charge in [-0.2, -0.15) is 0 Å². The van der Waals surface area contributed by atoms with Crippen LogP contribution in [0.1, 0.15) is 48.0 Å². The summed E-state index contributed by atoms with van der Waals surface area (Å²) >= 11 is 0. The predicted molar refractivity (Wildman–Crippen MR) is 149 cm³/mol. The minimum Gasteiger partial charge on any atom is -0.465 e. The Bertz CT molecular complexity index is 1230. The van der Waals surface area contributed by atoms with Crippen LogP contribution < -0.4 is 25.5 Å². The van der Waals surface area contributed by atoms with Crippen LogP contribution in [0.3, 0.4) is 0 Å². The largest absolute Gasteiger partial charge is 0.465 e. The number of hydrogen-bond acceptors (Lipinski definition) is 9. The van der Waals surface area contributed by atoms with Gasteiger partial charge in [-0.25, -0.2) is 19.6 Å². The van der Waals surface area contributed by atoms with E-state index in [1.54, 1.807) is 20.8 Å². The molecule has 2 aliphatic rings. The van der Waals surface area contributed by atoms with E-state index in [1.807, 2.05) is 30.3 Å². The number of hydrogen-bond donors (Lipinski definition) is 2. The molecule has 0 aliphatic carbocycles. The van der Waals surface area contributed by atoms with Gasteiger partial charge in [-0.1, -0.05) is 51.1 Å². The fourth-order valence-electron chi connectivity index (χ4n) is 4.23. The van der Waals surface area contributed by atoms with Gasteiger partial charge in [-0.3, -0.25) is 9.69 Å². The molecule has 0 bridgehead atoms. The molecular weight excluding hydrogens is 534 g/mol. The van der Waals surface area contributed by atoms with Crippen LogP contribution in [-0.4, -0.2) is 74.6 Å². The zero-order chi connectivity index (χ0) is 29.1. The van der Waals surface area contributed by atoms with Crippen molar-refractivity contribution in [3.8, 4) is 5.88 Å². The Morgan fingerprint density at radius 2 is 1.93 bits per heavy atom. The fourth-order valence-corrected chi connectivity index (χ4v) is 6.59. The average molecular weight is 571 g/mol. The average Bonchev–Trinajstić information content (AvgIpc) is 3.23. The summed E-state index contributed by atoms with van der Waals surface area (Å²) in [6.07, 6.45) is -0.433. The van der Waals surface area contributed by atoms with Crippen molar-refractivity contribution >= 4 is 44.0 Å². The molecule has 1 fully saturated rings. The van der Waals surface area contributed by atoms with Crippen molar-refractivity contribution in [1.82, 2.24) is 15.3 Å². The van der Waals surface area contributed by atoms with Crippen LogP contribution in [-0.2, 0) is 18.7 Å². The highest BCUT2D eigenvalue weighted by atomic mass is 28.3. The first-order valence-corrected chi connectivity index (χ1v) is 14.5. The Morgan fingerprint density at radius 3 is 2.60 bits per heavy atom. The number of alkyl carbamates (subject to hydrolysis) is 1. The molecule has 3 heterocycles. The van der Waals surface area contributed by atoms with Gasteiger partial charge in [0, 0.05) is 13.0 Å². The quantitative estimate of drug-likeness (QED) is 0.458. The van der Waals surface area contributed by atoms with Crippen LogP contribution in [0, 0.1) is 0 Å². The van der Waals surface area contributed by atoms with Crippen LogP contribution in [0.25, 0.3) is 0 Å². The van der Waals surface area contributed by atoms with Gasteiger partial charge in [0.05, 0.1) is 18.8 Å². The fraction of sp³-hybridized carbons (Fsp3) is 0.519. The van der Waals surface area contributed by atoms with E-state index in [-0.39, 0.29) is 48.2 Å². The molecule has 12 nitrogen and oxygen atoms in total. The van der Waals surface area contributed by atoms with Gasteiger partial charge in [-0.15, -0.1) is 0 Å². The van der Waals surface area contributed by atoms with Crippen molar-refractivity contribution in [2.75, 3.05) is 29.9 Å². The molecule has 2 aliphatic heterocycles. The van der Waals surface area contributed by atoms with Crippen molar-refractivity contribution in [3.63, 3.8) is 0 Å². The molecule has 2 N–H and O–H groups in total. The van der Waals surface area contributed by atoms with Crippen LogP contribution in [0.2, 0.25) is 5.04 Å². The van der Waals surface area contributed by atoms with E-state index >= 15 is 0 Å². The van der Waals surface area contributed by atoms with Gasteiger partial charge in [0.25, 0.3) is 20.8 Å². The SMILES string of the molecule is CC(C)(C)OC(=O)NCC(CC1CN(c2cnc3c(n2)NC(=O)CO3)C(=O)O1)O[Si](c1ccccc1)C(C)(C)C. The third-order valence-corrected chi connectivity index (χ3v) is 8.66. The van der Waals surface area contributed by atoms with E-state index in [4.69, 9.17) is 18.6 Å². The lowest BCUT2D eigenvalue weighted by Crippen LogP contribution is -2.48. The predicted octanol–water partition coefficient (Wildman–Crippen LogP) is 3.13. The van der Waals surface area contributed by atoms with E-state index in [2.05, 4.69) is 41.4 Å². The van der Waals surface area contributed by atoms with Crippen molar-refractivity contribution in [2.24, 2.45) is 0 Å². The van der Waals surface area contributed by atoms with Crippen LogP contribution in [0.4, 0.5) is 21.2 Å². The topological polar surface area (TPSA) is 141 Å². The molecule has 0 saturated carbocycles. The molecule has 0 spiro atoms. The number of nitrogens with zero attached hydrogens (tertiary/aromatic N) is 3. The van der Waals surface area contributed by atoms with Crippen molar-refractivity contribution in [1.29, 1.82) is 0 Å². The van der Waals surface area contributed by atoms with Crippen LogP contribution in [0.15, 0.2) is 36.5 Å². The molecule has 3 amide bonds. The number of anilines is 2. The van der Waals surface area contributed by atoms with E-state index in [0.717, 1.165) is 5.19 Å². The summed E-state index contributed by atoms with van der Waals surface area (Å²) in [5, 5.41) is 6.34. The second-order valence-electron chi connectivity index (χ2n) is 11.6. The molecule has 1 saturated heterocycles. The molecule has 1 aromatic carbocycles. The summed E-state index contributed by atoms with van der Waals surface area (Å²) in [6, 6.07) is 10.0. The monoisotopic (exact) mass is 570 g/mol. The van der Waals surface area contributed by atoms with Crippen molar-refractivity contribution in [2.45, 2.75) is 70.8 Å². The number of amides is 3. The zero-order valence-electron chi connectivity index (χ0n) is 23.6. The summed E-state index contributed by atoms with van der Waals surface area (Å²) in [4.78, 5) is 46.8. The van der Waals surface area contributed by atoms with Gasteiger partial charge in [0.1, 0.15) is 11.7 Å². The molecule has 40 heavy (non-hydrogen) atoms. The first-order chi connectivity index (χ1) is 18.8. The number of fused-ring (bicyclic) bond motifs is 1. The lowest BCUT2D eigenvalue weighted by molar-refractivity contribution is -0.118. The van der Waals surface area contributed by atoms with E-state index < -0.39 is 39.0 Å². The standard InChI is InChI=1S/C27H36N5O7Si/c1-26(2,3)38-24(34)29-13-17(39-40(27(4,5)6)19-10-8-7-9-11-19)12-18-15-32(25(35)37-18)20-14-28-23-22(30-20)31-21(33)16-36-23/h7-11,14,17-18H,12-13,15-16H2,1-6H3,(H,29,34)(H,30,31,33). The molecule has 13 heteroatoms. The Morgan fingerprint density at radius 1 is 1.20 bits per heavy atom. The highest BCUT2D eigenvalue weighted by molar-refractivity contribution is 6.70. The number of nitrogens with one attached hydrogen (secondary N) is 2. The summed E-state index contributed by atoms with van der Waals surface area (Å²) < 4.78 is 23.1. The maximum absolute atomic E-state index is 12.8. The molecule has 2 atom stereocenters. The minimum absolute atomic E-state index is 0.144. The zero-order valence-corrected chi connectivity index (χ0v) is 24.6. The Balaban J connectivity index is 1.50. The minimum atomic E-state index is -1.58. The number of rotatable bonds is 8. The molecule has 215 valence electrons. The number of carbonyl (C=O) groups excluding carboxylic acids is 3. The van der Waals surface area contributed by atoms with E-state index in [0.29, 0.717) is 6.42 Å². The number of benzene rings is 1. The van der Waals surface area contributed by atoms with E-state index in [9.17, 15) is 14.4 Å². The Labute approximate surface area is 235 Å². The molecular formula is C27H36N5O7Si. The summed E-state index contributed by atoms with van der Waals surface area (Å²) in [5.41, 5.74) is -0.646. The highest BCUT2D eigenvalue weighted by Gasteiger charge is 2.39. The Hall–Kier alpha value is -3.71. The van der Waals surface area contributed by atoms with Crippen LogP contribution >= 0.6 is 0 Å². The summed E-state index contributed by atoms with van der Waals surface area (Å²) in [5.74, 6) is 0.207. The lowest BCUT2D eigenvalue weighted by Gasteiger charge is -2.33. The number of aromatic nitrogens is 2. The lowest BCUT2D eigenvalue weighted by atomic mass is 10.1. The smallest absolute Gasteiger partial charge is 0.415 e. The van der Waals surface area contributed by atoms with Gasteiger partial charge < -0.3 is 29.3 Å². The second kappa shape index (κ2) is 11.8. The summed E-state index contributed by atoms with van der Waals surface area (Å²) in [7, 11) is -1.58. The molecule has 1 radical (unpaired) electrons. The van der Waals surface area contributed by atoms with Gasteiger partial charge >= 0.3 is 12.2 Å². The molecule has 1 aromatic heterocycles. The molecule has 2 aromatic rings. The van der Waals surface area contributed by atoms with Crippen LogP contribution in [0.5, 0.6) is 5.88 Å². The number of ether oxygens (including phenoxy) is 3. The molecule has 2 unspecified atom stereocenters.